The van der Waals surface area contributed by atoms with Crippen molar-refractivity contribution in [2.75, 3.05) is 11.9 Å². The maximum Gasteiger partial charge on any atom is 0.264 e. The first-order valence-corrected chi connectivity index (χ1v) is 7.97. The number of aromatic nitrogens is 2. The molecule has 1 atom stereocenters. The zero-order chi connectivity index (χ0) is 17.3. The van der Waals surface area contributed by atoms with Crippen LogP contribution in [0.2, 0.25) is 0 Å². The fourth-order valence-corrected chi connectivity index (χ4v) is 2.58. The van der Waals surface area contributed by atoms with Gasteiger partial charge in [0, 0.05) is 18.5 Å². The first-order valence-electron chi connectivity index (χ1n) is 7.97. The van der Waals surface area contributed by atoms with Gasteiger partial charge in [0.25, 0.3) is 5.95 Å². The van der Waals surface area contributed by atoms with Crippen molar-refractivity contribution in [2.45, 2.75) is 45.2 Å². The Morgan fingerprint density at radius 1 is 1.33 bits per heavy atom. The molecule has 1 aromatic heterocycles. The van der Waals surface area contributed by atoms with E-state index in [-0.39, 0.29) is 23.2 Å². The van der Waals surface area contributed by atoms with E-state index in [2.05, 4.69) is 15.5 Å². The summed E-state index contributed by atoms with van der Waals surface area (Å²) < 4.78 is 18.2. The number of hydrogen-bond donors (Lipinski definition) is 1. The van der Waals surface area contributed by atoms with Gasteiger partial charge < -0.3 is 14.7 Å². The number of hydrogen-bond acceptors (Lipinski definition) is 5. The maximum absolute atomic E-state index is 13.0. The highest BCUT2D eigenvalue weighted by Gasteiger charge is 2.33. The molecule has 1 unspecified atom stereocenters. The van der Waals surface area contributed by atoms with Crippen molar-refractivity contribution in [3.05, 3.63) is 41.5 Å². The molecule has 24 heavy (non-hydrogen) atoms. The van der Waals surface area contributed by atoms with Crippen LogP contribution in [-0.2, 0) is 16.8 Å². The van der Waals surface area contributed by atoms with Gasteiger partial charge >= 0.3 is 0 Å². The van der Waals surface area contributed by atoms with Crippen LogP contribution in [0.4, 0.5) is 10.3 Å². The molecule has 0 bridgehead atoms. The van der Waals surface area contributed by atoms with Crippen LogP contribution in [0.5, 0.6) is 0 Å². The summed E-state index contributed by atoms with van der Waals surface area (Å²) >= 11 is 0. The van der Waals surface area contributed by atoms with Crippen molar-refractivity contribution in [3.8, 4) is 0 Å². The molecule has 1 N–H and O–H groups in total. The van der Waals surface area contributed by atoms with Gasteiger partial charge in [-0.25, -0.2) is 4.39 Å². The van der Waals surface area contributed by atoms with Crippen molar-refractivity contribution < 1.29 is 13.7 Å². The zero-order valence-corrected chi connectivity index (χ0v) is 14.0. The van der Waals surface area contributed by atoms with Crippen LogP contribution in [0, 0.1) is 5.82 Å². The first-order chi connectivity index (χ1) is 11.3. The third-order valence-electron chi connectivity index (χ3n) is 3.96. The van der Waals surface area contributed by atoms with E-state index >= 15 is 0 Å². The summed E-state index contributed by atoms with van der Waals surface area (Å²) in [5.41, 5.74) is 0.668. The lowest BCUT2D eigenvalue weighted by Crippen LogP contribution is -2.33. The topological polar surface area (TPSA) is 71.3 Å². The molecule has 0 spiro atoms. The van der Waals surface area contributed by atoms with Gasteiger partial charge in [0.15, 0.2) is 0 Å². The standard InChI is InChI=1S/C17H21FN4O2/c1-17(2,3)15-20-16(21-24-15)19-13-8-9-22(14(13)23)10-11-4-6-12(18)7-5-11/h4-7,13H,8-10H2,1-3H3,(H,19,21). The minimum absolute atomic E-state index is 0.0126. The summed E-state index contributed by atoms with van der Waals surface area (Å²) in [4.78, 5) is 18.5. The number of benzene rings is 1. The molecule has 0 radical (unpaired) electrons. The van der Waals surface area contributed by atoms with E-state index in [1.807, 2.05) is 20.8 Å². The molecule has 128 valence electrons. The summed E-state index contributed by atoms with van der Waals surface area (Å²) in [5, 5.41) is 6.93. The van der Waals surface area contributed by atoms with Gasteiger partial charge in [0.05, 0.1) is 0 Å². The third kappa shape index (κ3) is 3.55. The number of nitrogens with zero attached hydrogens (tertiary/aromatic N) is 3. The predicted octanol–water partition coefficient (Wildman–Crippen LogP) is 2.72. The Hall–Kier alpha value is -2.44. The number of rotatable bonds is 4. The molecule has 1 aliphatic heterocycles. The average Bonchev–Trinajstić information content (AvgIpc) is 3.11. The summed E-state index contributed by atoms with van der Waals surface area (Å²) in [6, 6.07) is 5.82. The molecule has 1 aromatic carbocycles. The highest BCUT2D eigenvalue weighted by Crippen LogP contribution is 2.23. The van der Waals surface area contributed by atoms with E-state index in [0.717, 1.165) is 5.56 Å². The quantitative estimate of drug-likeness (QED) is 0.932. The van der Waals surface area contributed by atoms with E-state index in [0.29, 0.717) is 31.3 Å². The minimum Gasteiger partial charge on any atom is -0.340 e. The van der Waals surface area contributed by atoms with Crippen LogP contribution < -0.4 is 5.32 Å². The summed E-state index contributed by atoms with van der Waals surface area (Å²) in [7, 11) is 0. The molecule has 3 rings (SSSR count). The number of nitrogens with one attached hydrogen (secondary N) is 1. The minimum atomic E-state index is -0.365. The van der Waals surface area contributed by atoms with E-state index in [1.165, 1.54) is 12.1 Å². The Morgan fingerprint density at radius 3 is 2.67 bits per heavy atom. The number of carbonyl (C=O) groups is 1. The smallest absolute Gasteiger partial charge is 0.264 e. The summed E-state index contributed by atoms with van der Waals surface area (Å²) in [6.07, 6.45) is 0.666. The fraction of sp³-hybridized carbons (Fsp3) is 0.471. The molecule has 7 heteroatoms. The molecule has 6 nitrogen and oxygen atoms in total. The Bertz CT molecular complexity index is 721. The largest absolute Gasteiger partial charge is 0.340 e. The van der Waals surface area contributed by atoms with Gasteiger partial charge in [-0.05, 0) is 29.3 Å². The molecule has 0 saturated carbocycles. The highest BCUT2D eigenvalue weighted by molar-refractivity contribution is 5.86. The second kappa shape index (κ2) is 6.22. The molecular weight excluding hydrogens is 311 g/mol. The number of amides is 1. The molecular formula is C17H21FN4O2. The molecule has 1 fully saturated rings. The highest BCUT2D eigenvalue weighted by atomic mass is 19.1. The lowest BCUT2D eigenvalue weighted by molar-refractivity contribution is -0.128. The van der Waals surface area contributed by atoms with E-state index in [9.17, 15) is 9.18 Å². The lowest BCUT2D eigenvalue weighted by Gasteiger charge is -2.16. The van der Waals surface area contributed by atoms with E-state index < -0.39 is 0 Å². The first kappa shape index (κ1) is 16.4. The molecule has 2 heterocycles. The molecule has 1 saturated heterocycles. The van der Waals surface area contributed by atoms with Gasteiger partial charge in [-0.1, -0.05) is 32.9 Å². The maximum atomic E-state index is 13.0. The Labute approximate surface area is 140 Å². The second-order valence-electron chi connectivity index (χ2n) is 7.04. The average molecular weight is 332 g/mol. The van der Waals surface area contributed by atoms with Crippen LogP contribution in [0.3, 0.4) is 0 Å². The van der Waals surface area contributed by atoms with Crippen LogP contribution in [0.15, 0.2) is 28.8 Å². The number of anilines is 1. The monoisotopic (exact) mass is 332 g/mol. The SMILES string of the molecule is CC(C)(C)c1nc(NC2CCN(Cc3ccc(F)cc3)C2=O)no1. The van der Waals surface area contributed by atoms with Crippen molar-refractivity contribution in [2.24, 2.45) is 0 Å². The summed E-state index contributed by atoms with van der Waals surface area (Å²) in [5.74, 6) is 0.569. The van der Waals surface area contributed by atoms with Gasteiger partial charge in [0.1, 0.15) is 11.9 Å². The molecule has 2 aromatic rings. The number of carbonyl (C=O) groups excluding carboxylic acids is 1. The molecule has 1 amide bonds. The molecule has 1 aliphatic rings. The lowest BCUT2D eigenvalue weighted by atomic mass is 9.97. The van der Waals surface area contributed by atoms with E-state index in [1.54, 1.807) is 17.0 Å². The Morgan fingerprint density at radius 2 is 2.04 bits per heavy atom. The Kier molecular flexibility index (Phi) is 4.26. The normalized spacial score (nSPS) is 18.2. The van der Waals surface area contributed by atoms with Gasteiger partial charge in [-0.2, -0.15) is 4.98 Å². The third-order valence-corrected chi connectivity index (χ3v) is 3.96. The van der Waals surface area contributed by atoms with Crippen LogP contribution in [-0.4, -0.2) is 33.5 Å². The summed E-state index contributed by atoms with van der Waals surface area (Å²) in [6.45, 7) is 7.05. The van der Waals surface area contributed by atoms with Gasteiger partial charge in [-0.15, -0.1) is 0 Å². The van der Waals surface area contributed by atoms with Gasteiger partial charge in [0.2, 0.25) is 11.8 Å². The van der Waals surface area contributed by atoms with Crippen molar-refractivity contribution in [3.63, 3.8) is 0 Å². The zero-order valence-electron chi connectivity index (χ0n) is 14.0. The van der Waals surface area contributed by atoms with Crippen molar-refractivity contribution in [1.82, 2.24) is 15.0 Å². The fourth-order valence-electron chi connectivity index (χ4n) is 2.58. The molecule has 0 aliphatic carbocycles. The van der Waals surface area contributed by atoms with Crippen LogP contribution >= 0.6 is 0 Å². The van der Waals surface area contributed by atoms with Crippen LogP contribution in [0.25, 0.3) is 0 Å². The van der Waals surface area contributed by atoms with E-state index in [4.69, 9.17) is 4.52 Å². The van der Waals surface area contributed by atoms with Gasteiger partial charge in [-0.3, -0.25) is 4.79 Å². The van der Waals surface area contributed by atoms with Crippen molar-refractivity contribution >= 4 is 11.9 Å². The number of likely N-dealkylation sites (tertiary alicyclic amines) is 1. The van der Waals surface area contributed by atoms with Crippen molar-refractivity contribution in [1.29, 1.82) is 0 Å². The predicted molar refractivity (Wildman–Crippen MR) is 86.8 cm³/mol. The Balaban J connectivity index is 1.61. The number of halogens is 1. The van der Waals surface area contributed by atoms with Crippen LogP contribution in [0.1, 0.15) is 38.6 Å². The second-order valence-corrected chi connectivity index (χ2v) is 7.04.